The quantitative estimate of drug-likeness (QED) is 0.100. The van der Waals surface area contributed by atoms with Gasteiger partial charge in [0, 0.05) is 90.5 Å². The second-order valence-electron chi connectivity index (χ2n) is 38.5. The molecule has 0 fully saturated rings. The van der Waals surface area contributed by atoms with Gasteiger partial charge in [-0.3, -0.25) is 0 Å². The molecule has 4 aliphatic rings. The summed E-state index contributed by atoms with van der Waals surface area (Å²) in [5.41, 5.74) is 40.6. The Morgan fingerprint density at radius 3 is 0.825 bits per heavy atom. The van der Waals surface area contributed by atoms with Gasteiger partial charge in [0.05, 0.1) is 34.1 Å². The Labute approximate surface area is 744 Å². The molecule has 17 aromatic rings. The molecule has 4 heterocycles. The van der Waals surface area contributed by atoms with Gasteiger partial charge in [-0.2, -0.15) is 0 Å². The first-order valence-corrected chi connectivity index (χ1v) is 44.6. The summed E-state index contributed by atoms with van der Waals surface area (Å²) in [7, 11) is 0. The van der Waals surface area contributed by atoms with Gasteiger partial charge in [-0.25, -0.2) is 0 Å². The van der Waals surface area contributed by atoms with Crippen LogP contribution in [0.1, 0.15) is 105 Å². The molecule has 4 aliphatic heterocycles. The zero-order valence-electron chi connectivity index (χ0n) is 73.9. The van der Waals surface area contributed by atoms with Crippen molar-refractivity contribution in [2.24, 2.45) is 0 Å². The van der Waals surface area contributed by atoms with Crippen molar-refractivity contribution in [1.82, 2.24) is 0 Å². The first-order valence-electron chi connectivity index (χ1n) is 44.6. The molecule has 0 saturated heterocycles. The van der Waals surface area contributed by atoms with E-state index in [4.69, 9.17) is 0 Å². The fourth-order valence-electron chi connectivity index (χ4n) is 20.1. The molecule has 0 aromatic heterocycles. The van der Waals surface area contributed by atoms with E-state index in [1.807, 2.05) is 0 Å². The van der Waals surface area contributed by atoms with Crippen molar-refractivity contribution in [3.05, 3.63) is 423 Å². The van der Waals surface area contributed by atoms with Gasteiger partial charge < -0.3 is 29.4 Å². The van der Waals surface area contributed by atoms with Gasteiger partial charge in [-0.05, 0) is 214 Å². The van der Waals surface area contributed by atoms with Crippen molar-refractivity contribution in [2.75, 3.05) is 29.4 Å². The van der Waals surface area contributed by atoms with Crippen LogP contribution in [0.4, 0.5) is 102 Å². The smallest absolute Gasteiger partial charge is 0.252 e. The fraction of sp³-hybridized carbons (Fsp3) is 0.136. The van der Waals surface area contributed by atoms with Gasteiger partial charge in [0.15, 0.2) is 0 Å². The molecule has 0 radical (unpaired) electrons. The van der Waals surface area contributed by atoms with Gasteiger partial charge in [0.2, 0.25) is 0 Å². The van der Waals surface area contributed by atoms with E-state index in [1.165, 1.54) is 55.0 Å². The van der Waals surface area contributed by atoms with Crippen LogP contribution < -0.4 is 62.2 Å². The lowest BCUT2D eigenvalue weighted by Gasteiger charge is -2.48. The number of hydrogen-bond donors (Lipinski definition) is 0. The van der Waals surface area contributed by atoms with Crippen LogP contribution in [0.25, 0.3) is 44.5 Å². The van der Waals surface area contributed by atoms with E-state index in [9.17, 15) is 0 Å². The van der Waals surface area contributed by atoms with Crippen molar-refractivity contribution in [1.29, 1.82) is 0 Å². The van der Waals surface area contributed by atoms with E-state index in [0.717, 1.165) is 147 Å². The van der Waals surface area contributed by atoms with Crippen LogP contribution in [-0.4, -0.2) is 13.4 Å². The third-order valence-corrected chi connectivity index (χ3v) is 26.4. The zero-order chi connectivity index (χ0) is 86.1. The summed E-state index contributed by atoms with van der Waals surface area (Å²) in [4.78, 5) is 15.6. The van der Waals surface area contributed by atoms with Gasteiger partial charge in [-0.1, -0.05) is 368 Å². The van der Waals surface area contributed by atoms with E-state index in [-0.39, 0.29) is 35.1 Å². The molecule has 0 aliphatic carbocycles. The number of anilines is 18. The molecule has 0 atom stereocenters. The summed E-state index contributed by atoms with van der Waals surface area (Å²) in [6.07, 6.45) is 0. The first kappa shape index (κ1) is 78.9. The molecular formula is C118H102B2N6. The van der Waals surface area contributed by atoms with Crippen LogP contribution in [-0.2, 0) is 21.7 Å². The van der Waals surface area contributed by atoms with Crippen molar-refractivity contribution in [2.45, 2.75) is 105 Å². The number of hydrogen-bond acceptors (Lipinski definition) is 6. The predicted octanol–water partition coefficient (Wildman–Crippen LogP) is 28.6. The molecule has 0 spiro atoms. The highest BCUT2D eigenvalue weighted by Crippen LogP contribution is 2.56. The molecular weight excluding hydrogens is 1520 g/mol. The molecule has 6 nitrogen and oxygen atoms in total. The Kier molecular flexibility index (Phi) is 19.3. The summed E-state index contributed by atoms with van der Waals surface area (Å²) in [6, 6.07) is 152. The Bertz CT molecular complexity index is 6960. The molecule has 0 saturated carbocycles. The van der Waals surface area contributed by atoms with Gasteiger partial charge in [0.25, 0.3) is 13.4 Å². The monoisotopic (exact) mass is 1620 g/mol. The standard InChI is InChI=1S/C118H102B2N6/c1-115(2,3)83-65-57-79(58-66-83)93-45-25-31-51-101(93)122(89-41-21-15-22-42-89)92-75-110-114-112(76-92)126(104-54-34-28-48-96(104)82-63-71-86(72-64-82)118(10,11)12)108-78-107-99(77-100(108)120(114)98-50-30-36-56-106(98)124(110)102-52-32-26-46-94(102)80-59-67-84(68-60-80)116(4,5)6)119-97-49-29-35-55-105(97)123(90-43-23-16-24-44-90)109-73-91(121(87-37-17-13-18-38-87)88-39-19-14-20-40-88)74-111(113(109)119)125(107)103-53-33-27-47-95(103)81-61-69-85(70-62-81)117(7,8)9/h13-78H,1-12H3. The maximum absolute atomic E-state index is 2.70. The van der Waals surface area contributed by atoms with Crippen LogP contribution >= 0.6 is 0 Å². The summed E-state index contributed by atoms with van der Waals surface area (Å²) < 4.78 is 0. The van der Waals surface area contributed by atoms with Crippen LogP contribution in [0.2, 0.25) is 0 Å². The zero-order valence-corrected chi connectivity index (χ0v) is 73.9. The third kappa shape index (κ3) is 13.7. The molecule has 0 unspecified atom stereocenters. The Morgan fingerprint density at radius 1 is 0.190 bits per heavy atom. The molecule has 0 N–H and O–H groups in total. The molecule has 126 heavy (non-hydrogen) atoms. The average molecular weight is 1630 g/mol. The van der Waals surface area contributed by atoms with Crippen LogP contribution in [0.15, 0.2) is 400 Å². The largest absolute Gasteiger partial charge is 0.311 e. The van der Waals surface area contributed by atoms with E-state index in [1.54, 1.807) is 0 Å². The van der Waals surface area contributed by atoms with Crippen molar-refractivity contribution in [3.63, 3.8) is 0 Å². The molecule has 0 bridgehead atoms. The second kappa shape index (κ2) is 30.9. The Balaban J connectivity index is 0.918. The lowest BCUT2D eigenvalue weighted by Crippen LogP contribution is -2.65. The van der Waals surface area contributed by atoms with Gasteiger partial charge >= 0.3 is 0 Å². The van der Waals surface area contributed by atoms with Crippen molar-refractivity contribution < 1.29 is 0 Å². The minimum Gasteiger partial charge on any atom is -0.311 e. The number of para-hydroxylation sites is 10. The Morgan fingerprint density at radius 2 is 0.460 bits per heavy atom. The maximum Gasteiger partial charge on any atom is 0.252 e. The number of nitrogens with zero attached hydrogens (tertiary/aromatic N) is 6. The van der Waals surface area contributed by atoms with Crippen LogP contribution in [0.3, 0.4) is 0 Å². The lowest BCUT2D eigenvalue weighted by atomic mass is 9.30. The minimum atomic E-state index is -0.321. The minimum absolute atomic E-state index is 0.0359. The molecule has 21 rings (SSSR count). The van der Waals surface area contributed by atoms with Crippen LogP contribution in [0, 0.1) is 0 Å². The van der Waals surface area contributed by atoms with Gasteiger partial charge in [0.1, 0.15) is 0 Å². The molecule has 17 aromatic carbocycles. The molecule has 610 valence electrons. The van der Waals surface area contributed by atoms with E-state index in [0.29, 0.717) is 0 Å². The average Bonchev–Trinajstić information content (AvgIpc) is 0.678. The summed E-state index contributed by atoms with van der Waals surface area (Å²) in [5, 5.41) is 0. The van der Waals surface area contributed by atoms with E-state index >= 15 is 0 Å². The summed E-state index contributed by atoms with van der Waals surface area (Å²) in [6.45, 7) is 27.1. The van der Waals surface area contributed by atoms with Crippen molar-refractivity contribution in [3.8, 4) is 44.5 Å². The topological polar surface area (TPSA) is 19.4 Å². The third-order valence-electron chi connectivity index (χ3n) is 26.4. The van der Waals surface area contributed by atoms with E-state index in [2.05, 4.69) is 513 Å². The fourth-order valence-corrected chi connectivity index (χ4v) is 20.1. The highest BCUT2D eigenvalue weighted by Gasteiger charge is 2.50. The number of rotatable bonds is 14. The Hall–Kier alpha value is -14.3. The molecule has 0 amide bonds. The van der Waals surface area contributed by atoms with Crippen molar-refractivity contribution >= 4 is 149 Å². The summed E-state index contributed by atoms with van der Waals surface area (Å²) >= 11 is 0. The highest BCUT2D eigenvalue weighted by molar-refractivity contribution is 7.03. The maximum atomic E-state index is 2.70. The first-order chi connectivity index (χ1) is 61.1. The number of fused-ring (bicyclic) bond motifs is 8. The normalized spacial score (nSPS) is 13.1. The highest BCUT2D eigenvalue weighted by atomic mass is 15.2. The number of benzene rings is 17. The van der Waals surface area contributed by atoms with Crippen LogP contribution in [0.5, 0.6) is 0 Å². The van der Waals surface area contributed by atoms with E-state index < -0.39 is 0 Å². The second-order valence-corrected chi connectivity index (χ2v) is 38.5. The lowest BCUT2D eigenvalue weighted by molar-refractivity contribution is 0.590. The SMILES string of the molecule is CC(C)(C)c1ccc(-c2ccccc2N(c2ccccc2)c2cc3c4c(c2)N(c2ccccc2-c2ccc(C(C)(C)C)cc2)c2cc5c(cc2B4c2ccccc2N3c2ccccc2-c2ccc(C(C)(C)C)cc2)B2c3ccccc3N(c3ccccc3)c3cc(N(c4ccccc4)c4ccccc4)cc(c32)N5c2ccccc2-c2ccc(C(C)(C)C)cc2)cc1. The summed E-state index contributed by atoms with van der Waals surface area (Å²) in [5.74, 6) is 0. The van der Waals surface area contributed by atoms with Gasteiger partial charge in [-0.15, -0.1) is 0 Å². The predicted molar refractivity (Wildman–Crippen MR) is 540 cm³/mol. The molecule has 8 heteroatoms.